The van der Waals surface area contributed by atoms with E-state index in [1.165, 1.54) is 6.92 Å². The van der Waals surface area contributed by atoms with E-state index in [4.69, 9.17) is 5.41 Å². The molecule has 10 heteroatoms. The number of aromatic nitrogens is 1. The second-order valence-corrected chi connectivity index (χ2v) is 10.2. The predicted molar refractivity (Wildman–Crippen MR) is 124 cm³/mol. The van der Waals surface area contributed by atoms with E-state index in [2.05, 4.69) is 14.0 Å². The molecule has 1 aromatic carbocycles. The van der Waals surface area contributed by atoms with Gasteiger partial charge in [-0.1, -0.05) is 25.1 Å². The fraction of sp³-hybridized carbons (Fsp3) is 0.238. The monoisotopic (exact) mass is 455 g/mol. The largest absolute Gasteiger partial charge is 0.318 e. The molecule has 8 nitrogen and oxygen atoms in total. The summed E-state index contributed by atoms with van der Waals surface area (Å²) in [7, 11) is -3.68. The number of para-hydroxylation sites is 1. The van der Waals surface area contributed by atoms with Gasteiger partial charge >= 0.3 is 0 Å². The third-order valence-electron chi connectivity index (χ3n) is 5.28. The van der Waals surface area contributed by atoms with Crippen LogP contribution in [-0.4, -0.2) is 45.7 Å². The van der Waals surface area contributed by atoms with Gasteiger partial charge in [-0.3, -0.25) is 10.2 Å². The minimum atomic E-state index is -3.68. The molecule has 3 heterocycles. The van der Waals surface area contributed by atoms with Gasteiger partial charge in [-0.2, -0.15) is 9.39 Å². The minimum Gasteiger partial charge on any atom is -0.318 e. The number of amides is 1. The second kappa shape index (κ2) is 7.61. The summed E-state index contributed by atoms with van der Waals surface area (Å²) in [6, 6.07) is 9.94. The highest BCUT2D eigenvalue weighted by Crippen LogP contribution is 2.31. The molecule has 0 aliphatic carbocycles. The van der Waals surface area contributed by atoms with Crippen LogP contribution in [0.15, 0.2) is 45.3 Å². The van der Waals surface area contributed by atoms with Crippen molar-refractivity contribution in [3.8, 4) is 5.69 Å². The number of nitrogens with one attached hydrogen (secondary N) is 1. The molecule has 2 aliphatic heterocycles. The molecule has 0 atom stereocenters. The van der Waals surface area contributed by atoms with Crippen molar-refractivity contribution in [2.24, 2.45) is 9.39 Å². The average Bonchev–Trinajstić information content (AvgIpc) is 3.27. The van der Waals surface area contributed by atoms with E-state index in [9.17, 15) is 13.2 Å². The molecule has 0 saturated carbocycles. The van der Waals surface area contributed by atoms with Crippen LogP contribution in [0.5, 0.6) is 0 Å². The number of fused-ring (bicyclic) bond motifs is 1. The lowest BCUT2D eigenvalue weighted by atomic mass is 10.1. The summed E-state index contributed by atoms with van der Waals surface area (Å²) in [4.78, 5) is 17.8. The first-order valence-corrected chi connectivity index (χ1v) is 12.0. The predicted octanol–water partition coefficient (Wildman–Crippen LogP) is 3.41. The van der Waals surface area contributed by atoms with Crippen LogP contribution in [0.25, 0.3) is 11.8 Å². The van der Waals surface area contributed by atoms with Gasteiger partial charge in [0.25, 0.3) is 5.91 Å². The second-order valence-electron chi connectivity index (χ2n) is 7.26. The van der Waals surface area contributed by atoms with Gasteiger partial charge in [-0.25, -0.2) is 13.3 Å². The summed E-state index contributed by atoms with van der Waals surface area (Å²) < 4.78 is 30.8. The Bertz CT molecular complexity index is 1330. The zero-order valence-electron chi connectivity index (χ0n) is 17.5. The van der Waals surface area contributed by atoms with E-state index in [1.54, 1.807) is 6.08 Å². The van der Waals surface area contributed by atoms with E-state index >= 15 is 0 Å². The highest BCUT2D eigenvalue weighted by molar-refractivity contribution is 8.16. The first kappa shape index (κ1) is 21.3. The fourth-order valence-electron chi connectivity index (χ4n) is 3.60. The van der Waals surface area contributed by atoms with Gasteiger partial charge < -0.3 is 4.57 Å². The minimum absolute atomic E-state index is 0.0234. The molecule has 0 saturated heterocycles. The number of hydrogen-bond donors (Lipinski definition) is 1. The van der Waals surface area contributed by atoms with Crippen molar-refractivity contribution < 1.29 is 13.2 Å². The number of amidine groups is 3. The smallest absolute Gasteiger partial charge is 0.283 e. The standard InChI is InChI=1S/C21H21N5O3S2/c1-5-31(28,29)21-24-30-20-23-19(27)16(18(22)26(20)21)11-15-10-13(3)25(14(15)4)17-9-7-6-8-12(17)2/h6-11,22H,5H2,1-4H3/b16-11-,22-18?. The lowest BCUT2D eigenvalue weighted by molar-refractivity contribution is -0.114. The Kier molecular flexibility index (Phi) is 5.22. The third kappa shape index (κ3) is 3.45. The van der Waals surface area contributed by atoms with Crippen molar-refractivity contribution >= 4 is 49.9 Å². The van der Waals surface area contributed by atoms with Gasteiger partial charge in [-0.15, -0.1) is 0 Å². The van der Waals surface area contributed by atoms with Crippen LogP contribution in [0.2, 0.25) is 0 Å². The summed E-state index contributed by atoms with van der Waals surface area (Å²) in [6.45, 7) is 7.45. The number of hydrogen-bond acceptors (Lipinski definition) is 6. The molecule has 1 aromatic heterocycles. The molecular formula is C21H21N5O3S2. The molecule has 1 amide bonds. The van der Waals surface area contributed by atoms with Gasteiger partial charge in [0.2, 0.25) is 20.2 Å². The van der Waals surface area contributed by atoms with Gasteiger partial charge in [0.05, 0.1) is 23.3 Å². The number of aryl methyl sites for hydroxylation is 2. The summed E-state index contributed by atoms with van der Waals surface area (Å²) in [5.41, 5.74) is 4.81. The highest BCUT2D eigenvalue weighted by Gasteiger charge is 2.42. The fourth-order valence-corrected chi connectivity index (χ4v) is 5.57. The number of sulfone groups is 1. The van der Waals surface area contributed by atoms with Crippen molar-refractivity contribution in [1.82, 2.24) is 9.47 Å². The molecule has 2 aliphatic rings. The van der Waals surface area contributed by atoms with Crippen LogP contribution in [0, 0.1) is 26.2 Å². The van der Waals surface area contributed by atoms with E-state index in [0.29, 0.717) is 0 Å². The van der Waals surface area contributed by atoms with Crippen LogP contribution in [0.3, 0.4) is 0 Å². The topological polar surface area (TPSA) is 108 Å². The summed E-state index contributed by atoms with van der Waals surface area (Å²) in [6.07, 6.45) is 1.60. The summed E-state index contributed by atoms with van der Waals surface area (Å²) in [5.74, 6) is -0.986. The zero-order valence-corrected chi connectivity index (χ0v) is 19.1. The van der Waals surface area contributed by atoms with Crippen molar-refractivity contribution in [1.29, 1.82) is 5.41 Å². The number of aliphatic imine (C=N–C) groups is 1. The zero-order chi connectivity index (χ0) is 22.5. The number of rotatable bonds is 3. The quantitative estimate of drug-likeness (QED) is 0.564. The Morgan fingerprint density at radius 1 is 1.19 bits per heavy atom. The van der Waals surface area contributed by atoms with Gasteiger partial charge in [-0.05, 0) is 50.1 Å². The maximum atomic E-state index is 12.7. The van der Waals surface area contributed by atoms with Gasteiger partial charge in [0, 0.05) is 17.1 Å². The lowest BCUT2D eigenvalue weighted by Gasteiger charge is -2.24. The van der Waals surface area contributed by atoms with Gasteiger partial charge in [0.15, 0.2) is 0 Å². The van der Waals surface area contributed by atoms with E-state index in [0.717, 1.165) is 45.0 Å². The maximum Gasteiger partial charge on any atom is 0.283 e. The van der Waals surface area contributed by atoms with E-state index in [1.807, 2.05) is 51.1 Å². The van der Waals surface area contributed by atoms with Crippen LogP contribution < -0.4 is 0 Å². The molecule has 4 rings (SSSR count). The molecule has 0 unspecified atom stereocenters. The Balaban J connectivity index is 1.80. The van der Waals surface area contributed by atoms with Crippen molar-refractivity contribution in [2.45, 2.75) is 27.7 Å². The SMILES string of the molecule is CCS(=O)(=O)C1=NSC2=NC(=O)/C(=C\c3cc(C)n(-c4ccccc4C)c3C)C(=N)N21. The van der Waals surface area contributed by atoms with Crippen LogP contribution in [0.4, 0.5) is 0 Å². The summed E-state index contributed by atoms with van der Waals surface area (Å²) >= 11 is 0.793. The van der Waals surface area contributed by atoms with E-state index < -0.39 is 15.7 Å². The third-order valence-corrected chi connectivity index (χ3v) is 7.69. The normalized spacial score (nSPS) is 17.8. The molecule has 0 radical (unpaired) electrons. The van der Waals surface area contributed by atoms with Crippen LogP contribution >= 0.6 is 11.9 Å². The lowest BCUT2D eigenvalue weighted by Crippen LogP contribution is -2.45. The van der Waals surface area contributed by atoms with Gasteiger partial charge in [0.1, 0.15) is 5.84 Å². The number of nitrogens with zero attached hydrogens (tertiary/aromatic N) is 4. The molecule has 31 heavy (non-hydrogen) atoms. The van der Waals surface area contributed by atoms with Crippen LogP contribution in [0.1, 0.15) is 29.4 Å². The highest BCUT2D eigenvalue weighted by atomic mass is 32.2. The number of carbonyl (C=O) groups excluding carboxylic acids is 1. The molecule has 0 bridgehead atoms. The van der Waals surface area contributed by atoms with Crippen molar-refractivity contribution in [3.05, 3.63) is 58.4 Å². The Morgan fingerprint density at radius 3 is 2.58 bits per heavy atom. The molecular weight excluding hydrogens is 434 g/mol. The Hall–Kier alpha value is -2.98. The Labute approximate surface area is 185 Å². The maximum absolute atomic E-state index is 12.7. The average molecular weight is 456 g/mol. The first-order valence-electron chi connectivity index (χ1n) is 9.62. The molecule has 160 valence electrons. The van der Waals surface area contributed by atoms with Crippen LogP contribution in [-0.2, 0) is 14.6 Å². The summed E-state index contributed by atoms with van der Waals surface area (Å²) in [5, 5.41) is 8.39. The van der Waals surface area contributed by atoms with E-state index in [-0.39, 0.29) is 27.5 Å². The first-order chi connectivity index (χ1) is 14.7. The molecule has 1 N–H and O–H groups in total. The Morgan fingerprint density at radius 2 is 1.90 bits per heavy atom. The molecule has 0 spiro atoms. The van der Waals surface area contributed by atoms with Crippen molar-refractivity contribution in [2.75, 3.05) is 5.75 Å². The van der Waals surface area contributed by atoms with Crippen molar-refractivity contribution in [3.63, 3.8) is 0 Å². The molecule has 0 fully saturated rings. The number of carbonyl (C=O) groups is 1. The number of benzene rings is 1. The molecule has 2 aromatic rings.